The number of rotatable bonds is 5. The Morgan fingerprint density at radius 3 is 2.12 bits per heavy atom. The van der Waals surface area contributed by atoms with Crippen molar-refractivity contribution in [2.24, 2.45) is 0 Å². The van der Waals surface area contributed by atoms with Crippen molar-refractivity contribution < 1.29 is 19.2 Å². The first-order valence-electron chi connectivity index (χ1n) is 11.1. The van der Waals surface area contributed by atoms with Crippen LogP contribution >= 0.6 is 0 Å². The molecule has 1 heterocycles. The number of amides is 2. The molecule has 1 aliphatic rings. The van der Waals surface area contributed by atoms with Crippen LogP contribution in [0.4, 0.5) is 10.5 Å². The van der Waals surface area contributed by atoms with Gasteiger partial charge in [-0.25, -0.2) is 9.69 Å². The molecule has 0 bridgehead atoms. The third-order valence-corrected chi connectivity index (χ3v) is 5.97. The Kier molecular flexibility index (Phi) is 5.96. The average molecular weight is 459 g/mol. The standard InChI is InChI=1S/C27H26N2O5/c1-26(2,3)34-25(31)29-23-17-11-10-16-21(23)27(24(29)30,20-14-8-5-9-15-20)22(18-28(32)33)19-12-6-4-7-13-19/h4-17,22H,18H2,1-3H3. The van der Waals surface area contributed by atoms with Crippen LogP contribution in [-0.2, 0) is 14.9 Å². The number of imide groups is 1. The summed E-state index contributed by atoms with van der Waals surface area (Å²) in [6.07, 6.45) is -0.810. The molecule has 0 fully saturated rings. The summed E-state index contributed by atoms with van der Waals surface area (Å²) in [5, 5.41) is 11.9. The highest BCUT2D eigenvalue weighted by Gasteiger charge is 2.60. The maximum absolute atomic E-state index is 14.4. The van der Waals surface area contributed by atoms with Crippen LogP contribution in [-0.4, -0.2) is 29.1 Å². The molecule has 2 amide bonds. The van der Waals surface area contributed by atoms with E-state index in [1.807, 2.05) is 12.1 Å². The van der Waals surface area contributed by atoms with Crippen molar-refractivity contribution in [1.82, 2.24) is 0 Å². The van der Waals surface area contributed by atoms with Gasteiger partial charge in [0.2, 0.25) is 6.54 Å². The van der Waals surface area contributed by atoms with Crippen molar-refractivity contribution in [1.29, 1.82) is 0 Å². The van der Waals surface area contributed by atoms with E-state index in [2.05, 4.69) is 0 Å². The van der Waals surface area contributed by atoms with Crippen LogP contribution in [0.1, 0.15) is 43.4 Å². The molecule has 34 heavy (non-hydrogen) atoms. The highest BCUT2D eigenvalue weighted by atomic mass is 16.6. The summed E-state index contributed by atoms with van der Waals surface area (Å²) in [6, 6.07) is 24.9. The van der Waals surface area contributed by atoms with E-state index in [1.165, 1.54) is 0 Å². The molecular weight excluding hydrogens is 432 g/mol. The number of hydrogen-bond donors (Lipinski definition) is 0. The number of fused-ring (bicyclic) bond motifs is 1. The van der Waals surface area contributed by atoms with Gasteiger partial charge in [0.25, 0.3) is 5.91 Å². The van der Waals surface area contributed by atoms with Gasteiger partial charge < -0.3 is 4.74 Å². The molecule has 3 aromatic carbocycles. The molecule has 7 heteroatoms. The van der Waals surface area contributed by atoms with Gasteiger partial charge in [0.1, 0.15) is 11.0 Å². The molecule has 7 nitrogen and oxygen atoms in total. The first-order valence-corrected chi connectivity index (χ1v) is 11.1. The van der Waals surface area contributed by atoms with Crippen LogP contribution in [0.2, 0.25) is 0 Å². The normalized spacial score (nSPS) is 18.3. The summed E-state index contributed by atoms with van der Waals surface area (Å²) < 4.78 is 5.58. The summed E-state index contributed by atoms with van der Waals surface area (Å²) in [4.78, 5) is 40.2. The van der Waals surface area contributed by atoms with E-state index in [-0.39, 0.29) is 0 Å². The quantitative estimate of drug-likeness (QED) is 0.382. The number of nitro groups is 1. The van der Waals surface area contributed by atoms with E-state index < -0.39 is 40.4 Å². The lowest BCUT2D eigenvalue weighted by atomic mass is 9.64. The van der Waals surface area contributed by atoms with Crippen molar-refractivity contribution in [2.45, 2.75) is 37.7 Å². The maximum atomic E-state index is 14.4. The largest absolute Gasteiger partial charge is 0.443 e. The van der Waals surface area contributed by atoms with Crippen LogP contribution < -0.4 is 4.90 Å². The van der Waals surface area contributed by atoms with Crippen molar-refractivity contribution in [2.75, 3.05) is 11.4 Å². The van der Waals surface area contributed by atoms with Gasteiger partial charge in [0.05, 0.1) is 11.6 Å². The molecule has 0 saturated heterocycles. The zero-order chi connectivity index (χ0) is 24.5. The number of nitrogens with zero attached hydrogens (tertiary/aromatic N) is 2. The molecule has 174 valence electrons. The summed E-state index contributed by atoms with van der Waals surface area (Å²) in [5.74, 6) is -1.43. The molecule has 2 unspecified atom stereocenters. The number of ether oxygens (including phenoxy) is 1. The smallest absolute Gasteiger partial charge is 0.421 e. The molecule has 0 N–H and O–H groups in total. The van der Waals surface area contributed by atoms with E-state index in [0.29, 0.717) is 22.4 Å². The lowest BCUT2D eigenvalue weighted by Crippen LogP contribution is -2.50. The Bertz CT molecular complexity index is 1220. The molecule has 0 radical (unpaired) electrons. The SMILES string of the molecule is CC(C)(C)OC(=O)N1C(=O)C(c2ccccc2)(C(C[N+](=O)[O-])c2ccccc2)c2ccccc21. The minimum atomic E-state index is -1.50. The second kappa shape index (κ2) is 8.74. The zero-order valence-electron chi connectivity index (χ0n) is 19.3. The summed E-state index contributed by atoms with van der Waals surface area (Å²) >= 11 is 0. The summed E-state index contributed by atoms with van der Waals surface area (Å²) in [5.41, 5.74) is -0.207. The first kappa shape index (κ1) is 23.2. The predicted molar refractivity (Wildman–Crippen MR) is 128 cm³/mol. The Morgan fingerprint density at radius 2 is 1.53 bits per heavy atom. The first-order chi connectivity index (χ1) is 16.2. The number of anilines is 1. The maximum Gasteiger partial charge on any atom is 0.421 e. The molecule has 0 aromatic heterocycles. The number of para-hydroxylation sites is 1. The molecule has 1 aliphatic heterocycles. The Labute approximate surface area is 198 Å². The summed E-state index contributed by atoms with van der Waals surface area (Å²) in [7, 11) is 0. The second-order valence-corrected chi connectivity index (χ2v) is 9.29. The van der Waals surface area contributed by atoms with Crippen LogP contribution in [0, 0.1) is 10.1 Å². The van der Waals surface area contributed by atoms with Crippen LogP contribution in [0.5, 0.6) is 0 Å². The topological polar surface area (TPSA) is 89.8 Å². The van der Waals surface area contributed by atoms with E-state index in [0.717, 1.165) is 4.90 Å². The van der Waals surface area contributed by atoms with Crippen LogP contribution in [0.15, 0.2) is 84.9 Å². The van der Waals surface area contributed by atoms with Crippen LogP contribution in [0.25, 0.3) is 0 Å². The van der Waals surface area contributed by atoms with Crippen molar-refractivity contribution in [3.63, 3.8) is 0 Å². The van der Waals surface area contributed by atoms with Gasteiger partial charge in [-0.1, -0.05) is 78.9 Å². The molecule has 0 aliphatic carbocycles. The lowest BCUT2D eigenvalue weighted by Gasteiger charge is -2.35. The van der Waals surface area contributed by atoms with Gasteiger partial charge in [0.15, 0.2) is 0 Å². The fourth-order valence-electron chi connectivity index (χ4n) is 4.74. The third kappa shape index (κ3) is 3.94. The van der Waals surface area contributed by atoms with Gasteiger partial charge in [-0.3, -0.25) is 14.9 Å². The molecule has 4 rings (SSSR count). The Morgan fingerprint density at radius 1 is 0.971 bits per heavy atom. The van der Waals surface area contributed by atoms with Gasteiger partial charge in [-0.15, -0.1) is 0 Å². The van der Waals surface area contributed by atoms with Crippen molar-refractivity contribution in [3.05, 3.63) is 112 Å². The van der Waals surface area contributed by atoms with Gasteiger partial charge in [-0.2, -0.15) is 0 Å². The summed E-state index contributed by atoms with van der Waals surface area (Å²) in [6.45, 7) is 4.67. The third-order valence-electron chi connectivity index (χ3n) is 5.97. The number of benzene rings is 3. The molecular formula is C27H26N2O5. The number of carbonyl (C=O) groups excluding carboxylic acids is 2. The Balaban J connectivity index is 2.03. The predicted octanol–water partition coefficient (Wildman–Crippen LogP) is 5.31. The monoisotopic (exact) mass is 458 g/mol. The highest BCUT2D eigenvalue weighted by molar-refractivity contribution is 6.23. The highest BCUT2D eigenvalue weighted by Crippen LogP contribution is 2.54. The minimum absolute atomic E-state index is 0.370. The Hall–Kier alpha value is -4.00. The number of carbonyl (C=O) groups is 2. The van der Waals surface area contributed by atoms with Crippen LogP contribution in [0.3, 0.4) is 0 Å². The minimum Gasteiger partial charge on any atom is -0.443 e. The molecule has 0 spiro atoms. The van der Waals surface area contributed by atoms with Gasteiger partial charge >= 0.3 is 6.09 Å². The average Bonchev–Trinajstić information content (AvgIpc) is 3.06. The fourth-order valence-corrected chi connectivity index (χ4v) is 4.74. The van der Waals surface area contributed by atoms with Gasteiger partial charge in [0, 0.05) is 4.92 Å². The molecule has 0 saturated carbocycles. The van der Waals surface area contributed by atoms with E-state index >= 15 is 0 Å². The van der Waals surface area contributed by atoms with Crippen molar-refractivity contribution in [3.8, 4) is 0 Å². The van der Waals surface area contributed by atoms with Gasteiger partial charge in [-0.05, 0) is 43.5 Å². The van der Waals surface area contributed by atoms with E-state index in [1.54, 1.807) is 93.6 Å². The molecule has 2 atom stereocenters. The second-order valence-electron chi connectivity index (χ2n) is 9.29. The number of hydrogen-bond acceptors (Lipinski definition) is 5. The zero-order valence-corrected chi connectivity index (χ0v) is 19.3. The van der Waals surface area contributed by atoms with E-state index in [4.69, 9.17) is 4.74 Å². The molecule has 3 aromatic rings. The van der Waals surface area contributed by atoms with E-state index in [9.17, 15) is 19.7 Å². The lowest BCUT2D eigenvalue weighted by molar-refractivity contribution is -0.484. The fraction of sp³-hybridized carbons (Fsp3) is 0.259. The van der Waals surface area contributed by atoms with Crippen molar-refractivity contribution >= 4 is 17.7 Å².